The van der Waals surface area contributed by atoms with Gasteiger partial charge in [0.2, 0.25) is 0 Å². The number of hydrogen-bond acceptors (Lipinski definition) is 2. The first kappa shape index (κ1) is 15.4. The second-order valence-corrected chi connectivity index (χ2v) is 6.06. The fraction of sp³-hybridized carbons (Fsp3) is 0.667. The number of nitrogens with zero attached hydrogens (tertiary/aromatic N) is 1. The van der Waals surface area contributed by atoms with Crippen molar-refractivity contribution in [1.82, 2.24) is 4.90 Å². The van der Waals surface area contributed by atoms with Crippen molar-refractivity contribution in [2.75, 3.05) is 26.2 Å². The van der Waals surface area contributed by atoms with E-state index < -0.39 is 0 Å². The second-order valence-electron chi connectivity index (χ2n) is 6.06. The number of ether oxygens (including phenoxy) is 1. The molecule has 0 unspecified atom stereocenters. The maximum absolute atomic E-state index is 5.84. The average Bonchev–Trinajstić information content (AvgIpc) is 2.71. The van der Waals surface area contributed by atoms with Gasteiger partial charge in [0.05, 0.1) is 6.61 Å². The molecule has 1 saturated heterocycles. The summed E-state index contributed by atoms with van der Waals surface area (Å²) in [6, 6.07) is 6.36. The Bertz CT molecular complexity index is 394. The van der Waals surface area contributed by atoms with Crippen LogP contribution in [0.4, 0.5) is 0 Å². The summed E-state index contributed by atoms with van der Waals surface area (Å²) < 4.78 is 5.84. The predicted octanol–water partition coefficient (Wildman–Crippen LogP) is 4.34. The van der Waals surface area contributed by atoms with Crippen LogP contribution in [-0.2, 0) is 0 Å². The first-order chi connectivity index (χ1) is 9.75. The molecule has 0 aromatic heterocycles. The van der Waals surface area contributed by atoms with Crippen LogP contribution in [0.25, 0.3) is 0 Å². The molecular formula is C18H29NO. The lowest BCUT2D eigenvalue weighted by Gasteiger charge is -2.19. The Morgan fingerprint density at radius 2 is 1.70 bits per heavy atom. The molecule has 2 nitrogen and oxygen atoms in total. The smallest absolute Gasteiger partial charge is 0.119 e. The van der Waals surface area contributed by atoms with Crippen LogP contribution in [0.1, 0.15) is 49.7 Å². The van der Waals surface area contributed by atoms with E-state index >= 15 is 0 Å². The second kappa shape index (κ2) is 8.31. The van der Waals surface area contributed by atoms with Crippen LogP contribution in [0, 0.1) is 13.8 Å². The molecule has 0 amide bonds. The monoisotopic (exact) mass is 275 g/mol. The molecule has 2 rings (SSSR count). The highest BCUT2D eigenvalue weighted by Gasteiger charge is 2.07. The maximum Gasteiger partial charge on any atom is 0.119 e. The number of unbranched alkanes of at least 4 members (excludes halogenated alkanes) is 1. The highest BCUT2D eigenvalue weighted by atomic mass is 16.5. The fourth-order valence-corrected chi connectivity index (χ4v) is 2.79. The molecule has 20 heavy (non-hydrogen) atoms. The molecule has 0 aliphatic carbocycles. The van der Waals surface area contributed by atoms with Crippen molar-refractivity contribution in [3.63, 3.8) is 0 Å². The summed E-state index contributed by atoms with van der Waals surface area (Å²) in [7, 11) is 0. The number of likely N-dealkylation sites (tertiary alicyclic amines) is 1. The van der Waals surface area contributed by atoms with Crippen molar-refractivity contribution >= 4 is 0 Å². The van der Waals surface area contributed by atoms with Gasteiger partial charge in [-0.1, -0.05) is 18.9 Å². The Balaban J connectivity index is 1.60. The summed E-state index contributed by atoms with van der Waals surface area (Å²) in [5.41, 5.74) is 2.64. The molecule has 0 radical (unpaired) electrons. The molecule has 1 fully saturated rings. The van der Waals surface area contributed by atoms with Crippen molar-refractivity contribution < 1.29 is 4.74 Å². The first-order valence-electron chi connectivity index (χ1n) is 8.18. The van der Waals surface area contributed by atoms with Gasteiger partial charge in [-0.05, 0) is 82.4 Å². The van der Waals surface area contributed by atoms with Crippen LogP contribution in [0.3, 0.4) is 0 Å². The van der Waals surface area contributed by atoms with E-state index in [0.717, 1.165) is 18.8 Å². The van der Waals surface area contributed by atoms with Gasteiger partial charge < -0.3 is 9.64 Å². The zero-order valence-electron chi connectivity index (χ0n) is 13.2. The molecule has 1 aliphatic heterocycles. The third-order valence-corrected chi connectivity index (χ3v) is 4.31. The van der Waals surface area contributed by atoms with Crippen molar-refractivity contribution in [1.29, 1.82) is 0 Å². The van der Waals surface area contributed by atoms with E-state index in [1.54, 1.807) is 0 Å². The summed E-state index contributed by atoms with van der Waals surface area (Å²) >= 11 is 0. The lowest BCUT2D eigenvalue weighted by atomic mass is 10.1. The van der Waals surface area contributed by atoms with Gasteiger partial charge in [-0.3, -0.25) is 0 Å². The standard InChI is InChI=1S/C18H29NO/c1-16-9-10-18(15-17(16)2)20-14-8-7-13-19-11-5-3-4-6-12-19/h9-10,15H,3-8,11-14H2,1-2H3. The van der Waals surface area contributed by atoms with Crippen LogP contribution in [0.5, 0.6) is 5.75 Å². The molecule has 112 valence electrons. The van der Waals surface area contributed by atoms with Crippen molar-refractivity contribution in [3.8, 4) is 5.75 Å². The molecule has 1 aromatic carbocycles. The lowest BCUT2D eigenvalue weighted by molar-refractivity contribution is 0.256. The Morgan fingerprint density at radius 3 is 2.40 bits per heavy atom. The van der Waals surface area contributed by atoms with E-state index in [9.17, 15) is 0 Å². The molecule has 0 saturated carbocycles. The Labute approximate surface area is 124 Å². The summed E-state index contributed by atoms with van der Waals surface area (Å²) in [6.07, 6.45) is 8.03. The average molecular weight is 275 g/mol. The summed E-state index contributed by atoms with van der Waals surface area (Å²) in [5, 5.41) is 0. The molecule has 2 heteroatoms. The highest BCUT2D eigenvalue weighted by molar-refractivity contribution is 5.33. The van der Waals surface area contributed by atoms with Crippen LogP contribution in [0.2, 0.25) is 0 Å². The van der Waals surface area contributed by atoms with Crippen molar-refractivity contribution in [2.24, 2.45) is 0 Å². The van der Waals surface area contributed by atoms with Crippen LogP contribution in [-0.4, -0.2) is 31.1 Å². The Morgan fingerprint density at radius 1 is 0.950 bits per heavy atom. The third-order valence-electron chi connectivity index (χ3n) is 4.31. The minimum Gasteiger partial charge on any atom is -0.494 e. The number of aryl methyl sites for hydroxylation is 2. The SMILES string of the molecule is Cc1ccc(OCCCCN2CCCCCC2)cc1C. The largest absolute Gasteiger partial charge is 0.494 e. The van der Waals surface area contributed by atoms with E-state index in [-0.39, 0.29) is 0 Å². The number of hydrogen-bond donors (Lipinski definition) is 0. The molecule has 0 atom stereocenters. The molecule has 0 spiro atoms. The van der Waals surface area contributed by atoms with E-state index in [4.69, 9.17) is 4.74 Å². The van der Waals surface area contributed by atoms with Crippen molar-refractivity contribution in [3.05, 3.63) is 29.3 Å². The quantitative estimate of drug-likeness (QED) is 0.716. The van der Waals surface area contributed by atoms with E-state index in [1.807, 2.05) is 0 Å². The molecule has 1 aromatic rings. The van der Waals surface area contributed by atoms with Gasteiger partial charge in [-0.15, -0.1) is 0 Å². The zero-order chi connectivity index (χ0) is 14.2. The minimum absolute atomic E-state index is 0.844. The van der Waals surface area contributed by atoms with E-state index in [2.05, 4.69) is 36.9 Å². The highest BCUT2D eigenvalue weighted by Crippen LogP contribution is 2.17. The van der Waals surface area contributed by atoms with Crippen LogP contribution < -0.4 is 4.74 Å². The Kier molecular flexibility index (Phi) is 6.38. The first-order valence-corrected chi connectivity index (χ1v) is 8.18. The fourth-order valence-electron chi connectivity index (χ4n) is 2.79. The van der Waals surface area contributed by atoms with Gasteiger partial charge in [0.15, 0.2) is 0 Å². The molecule has 1 aliphatic rings. The maximum atomic E-state index is 5.84. The van der Waals surface area contributed by atoms with Crippen molar-refractivity contribution in [2.45, 2.75) is 52.4 Å². The molecule has 0 N–H and O–H groups in total. The molecular weight excluding hydrogens is 246 g/mol. The summed E-state index contributed by atoms with van der Waals surface area (Å²) in [4.78, 5) is 2.63. The van der Waals surface area contributed by atoms with Gasteiger partial charge >= 0.3 is 0 Å². The third kappa shape index (κ3) is 5.16. The predicted molar refractivity (Wildman–Crippen MR) is 85.6 cm³/mol. The van der Waals surface area contributed by atoms with Gasteiger partial charge in [-0.25, -0.2) is 0 Å². The zero-order valence-corrected chi connectivity index (χ0v) is 13.2. The summed E-state index contributed by atoms with van der Waals surface area (Å²) in [5.74, 6) is 1.02. The van der Waals surface area contributed by atoms with Crippen LogP contribution >= 0.6 is 0 Å². The Hall–Kier alpha value is -1.02. The number of benzene rings is 1. The van der Waals surface area contributed by atoms with Crippen LogP contribution in [0.15, 0.2) is 18.2 Å². The normalized spacial score (nSPS) is 16.9. The topological polar surface area (TPSA) is 12.5 Å². The van der Waals surface area contributed by atoms with E-state index in [1.165, 1.54) is 62.9 Å². The summed E-state index contributed by atoms with van der Waals surface area (Å²) in [6.45, 7) is 8.98. The molecule has 1 heterocycles. The van der Waals surface area contributed by atoms with Gasteiger partial charge in [0, 0.05) is 0 Å². The number of rotatable bonds is 6. The van der Waals surface area contributed by atoms with Gasteiger partial charge in [-0.2, -0.15) is 0 Å². The van der Waals surface area contributed by atoms with Gasteiger partial charge in [0.1, 0.15) is 5.75 Å². The lowest BCUT2D eigenvalue weighted by Crippen LogP contribution is -2.25. The van der Waals surface area contributed by atoms with E-state index in [0.29, 0.717) is 0 Å². The minimum atomic E-state index is 0.844. The van der Waals surface area contributed by atoms with Gasteiger partial charge in [0.25, 0.3) is 0 Å². The molecule has 0 bridgehead atoms.